The van der Waals surface area contributed by atoms with Crippen molar-refractivity contribution in [2.75, 3.05) is 0 Å². The molecule has 2 rings (SSSR count). The number of aromatic nitrogens is 2. The second kappa shape index (κ2) is 2.69. The third-order valence-corrected chi connectivity index (χ3v) is 2.50. The smallest absolute Gasteiger partial charge is 0.234 e. The molecule has 0 atom stereocenters. The molecule has 0 amide bonds. The van der Waals surface area contributed by atoms with Gasteiger partial charge in [-0.2, -0.15) is 0 Å². The minimum atomic E-state index is 0.537. The fourth-order valence-corrected chi connectivity index (χ4v) is 1.77. The first kappa shape index (κ1) is 8.48. The molecular weight excluding hydrogens is 162 g/mol. The van der Waals surface area contributed by atoms with Gasteiger partial charge in [0.05, 0.1) is 19.2 Å². The molecule has 0 unspecified atom stereocenters. The van der Waals surface area contributed by atoms with Gasteiger partial charge in [0.1, 0.15) is 6.20 Å². The fraction of sp³-hybridized carbons (Fsp3) is 0.600. The highest BCUT2D eigenvalue weighted by Gasteiger charge is 2.28. The first-order valence-corrected chi connectivity index (χ1v) is 4.74. The minimum absolute atomic E-state index is 0.537. The molecule has 0 saturated heterocycles. The van der Waals surface area contributed by atoms with Gasteiger partial charge in [0.2, 0.25) is 0 Å². The van der Waals surface area contributed by atoms with E-state index in [4.69, 9.17) is 0 Å². The van der Waals surface area contributed by atoms with Crippen LogP contribution in [0.5, 0.6) is 0 Å². The molecule has 0 spiro atoms. The molecule has 0 bridgehead atoms. The van der Waals surface area contributed by atoms with Crippen LogP contribution in [0.1, 0.15) is 38.2 Å². The average molecular weight is 178 g/mol. The molecule has 2 heterocycles. The van der Waals surface area contributed by atoms with Crippen molar-refractivity contribution in [3.63, 3.8) is 0 Å². The fourth-order valence-electron chi connectivity index (χ4n) is 1.77. The lowest BCUT2D eigenvalue weighted by Crippen LogP contribution is -2.31. The number of hydrogen-bond donors (Lipinski definition) is 0. The third-order valence-electron chi connectivity index (χ3n) is 2.50. The molecule has 0 fully saturated rings. The minimum Gasteiger partial charge on any atom is -0.234 e. The van der Waals surface area contributed by atoms with Crippen LogP contribution < -0.4 is 4.57 Å². The van der Waals surface area contributed by atoms with Gasteiger partial charge in [-0.05, 0) is 6.92 Å². The SMILES string of the molecule is CC1=Nn2c(C(C)C)c[n+](C)c2C1. The number of nitrogens with zero attached hydrogens (tertiary/aromatic N) is 3. The van der Waals surface area contributed by atoms with Gasteiger partial charge in [0.15, 0.2) is 5.69 Å². The second-order valence-corrected chi connectivity index (χ2v) is 4.06. The third kappa shape index (κ3) is 1.19. The van der Waals surface area contributed by atoms with Gasteiger partial charge in [-0.1, -0.05) is 18.9 Å². The molecule has 3 nitrogen and oxygen atoms in total. The molecule has 1 aromatic heterocycles. The topological polar surface area (TPSA) is 21.2 Å². The molecule has 3 heteroatoms. The summed E-state index contributed by atoms with van der Waals surface area (Å²) in [5.41, 5.74) is 2.50. The van der Waals surface area contributed by atoms with Crippen LogP contribution in [-0.4, -0.2) is 10.4 Å². The van der Waals surface area contributed by atoms with E-state index in [1.54, 1.807) is 0 Å². The molecular formula is C10H16N3+. The largest absolute Gasteiger partial charge is 0.287 e. The van der Waals surface area contributed by atoms with Crippen LogP contribution in [0.3, 0.4) is 0 Å². The molecule has 1 aromatic rings. The van der Waals surface area contributed by atoms with Crippen molar-refractivity contribution in [1.82, 2.24) is 4.68 Å². The Morgan fingerprint density at radius 3 is 2.85 bits per heavy atom. The summed E-state index contributed by atoms with van der Waals surface area (Å²) in [4.78, 5) is 0. The van der Waals surface area contributed by atoms with Gasteiger partial charge in [-0.15, -0.1) is 4.68 Å². The van der Waals surface area contributed by atoms with Crippen LogP contribution in [0.4, 0.5) is 0 Å². The Morgan fingerprint density at radius 2 is 2.23 bits per heavy atom. The number of rotatable bonds is 1. The standard InChI is InChI=1S/C10H16N3/c1-7(2)9-6-12(4)10-5-8(3)11-13(9)10/h6-7H,5H2,1-4H3/q+1. The van der Waals surface area contributed by atoms with E-state index >= 15 is 0 Å². The molecule has 1 aliphatic heterocycles. The zero-order valence-corrected chi connectivity index (χ0v) is 8.70. The maximum absolute atomic E-state index is 4.51. The van der Waals surface area contributed by atoms with Crippen molar-refractivity contribution in [2.45, 2.75) is 33.1 Å². The van der Waals surface area contributed by atoms with Crippen LogP contribution >= 0.6 is 0 Å². The molecule has 70 valence electrons. The van der Waals surface area contributed by atoms with Gasteiger partial charge in [-0.25, -0.2) is 4.57 Å². The van der Waals surface area contributed by atoms with E-state index in [1.807, 2.05) is 0 Å². The van der Waals surface area contributed by atoms with E-state index in [0.29, 0.717) is 5.92 Å². The zero-order chi connectivity index (χ0) is 9.59. The van der Waals surface area contributed by atoms with Crippen molar-refractivity contribution >= 4 is 5.71 Å². The van der Waals surface area contributed by atoms with Gasteiger partial charge < -0.3 is 0 Å². The lowest BCUT2D eigenvalue weighted by Gasteiger charge is -1.96. The van der Waals surface area contributed by atoms with Crippen LogP contribution in [0.25, 0.3) is 0 Å². The monoisotopic (exact) mass is 178 g/mol. The molecule has 13 heavy (non-hydrogen) atoms. The summed E-state index contributed by atoms with van der Waals surface area (Å²) in [6.07, 6.45) is 3.17. The normalized spacial score (nSPS) is 15.0. The van der Waals surface area contributed by atoms with E-state index in [-0.39, 0.29) is 0 Å². The Kier molecular flexibility index (Phi) is 1.75. The average Bonchev–Trinajstić information content (AvgIpc) is 2.51. The maximum Gasteiger partial charge on any atom is 0.287 e. The van der Waals surface area contributed by atoms with Crippen molar-refractivity contribution in [3.05, 3.63) is 17.7 Å². The summed E-state index contributed by atoms with van der Waals surface area (Å²) in [5.74, 6) is 1.83. The molecule has 0 aliphatic carbocycles. The van der Waals surface area contributed by atoms with E-state index in [2.05, 4.69) is 48.4 Å². The number of hydrogen-bond acceptors (Lipinski definition) is 1. The van der Waals surface area contributed by atoms with Crippen LogP contribution in [-0.2, 0) is 13.5 Å². The summed E-state index contributed by atoms with van der Waals surface area (Å²) in [6.45, 7) is 6.48. The Hall–Kier alpha value is -1.12. The van der Waals surface area contributed by atoms with Gasteiger partial charge in [-0.3, -0.25) is 0 Å². The summed E-state index contributed by atoms with van der Waals surface area (Å²) >= 11 is 0. The van der Waals surface area contributed by atoms with E-state index < -0.39 is 0 Å². The lowest BCUT2D eigenvalue weighted by atomic mass is 10.1. The number of imidazole rings is 1. The van der Waals surface area contributed by atoms with Crippen LogP contribution in [0.15, 0.2) is 11.3 Å². The lowest BCUT2D eigenvalue weighted by molar-refractivity contribution is -0.677. The van der Waals surface area contributed by atoms with Crippen molar-refractivity contribution < 1.29 is 4.57 Å². The maximum atomic E-state index is 4.51. The molecule has 0 aromatic carbocycles. The van der Waals surface area contributed by atoms with Crippen LogP contribution in [0.2, 0.25) is 0 Å². The Morgan fingerprint density at radius 1 is 1.54 bits per heavy atom. The zero-order valence-electron chi connectivity index (χ0n) is 8.70. The highest BCUT2D eigenvalue weighted by molar-refractivity contribution is 5.84. The number of aryl methyl sites for hydroxylation is 1. The predicted octanol–water partition coefficient (Wildman–Crippen LogP) is 1.22. The first-order valence-electron chi connectivity index (χ1n) is 4.74. The number of fused-ring (bicyclic) bond motifs is 1. The highest BCUT2D eigenvalue weighted by Crippen LogP contribution is 2.18. The predicted molar refractivity (Wildman–Crippen MR) is 51.9 cm³/mol. The molecule has 0 radical (unpaired) electrons. The Labute approximate surface area is 78.7 Å². The quantitative estimate of drug-likeness (QED) is 0.577. The van der Waals surface area contributed by atoms with Gasteiger partial charge >= 0.3 is 0 Å². The van der Waals surface area contributed by atoms with Gasteiger partial charge in [0.25, 0.3) is 5.82 Å². The second-order valence-electron chi connectivity index (χ2n) is 4.06. The Balaban J connectivity index is 2.56. The van der Waals surface area contributed by atoms with Gasteiger partial charge in [0, 0.05) is 5.92 Å². The van der Waals surface area contributed by atoms with E-state index in [9.17, 15) is 0 Å². The van der Waals surface area contributed by atoms with E-state index in [0.717, 1.165) is 6.42 Å². The summed E-state index contributed by atoms with van der Waals surface area (Å²) in [5, 5.41) is 4.51. The summed E-state index contributed by atoms with van der Waals surface area (Å²) in [7, 11) is 2.09. The Bertz CT molecular complexity index is 372. The molecule has 0 saturated carbocycles. The van der Waals surface area contributed by atoms with Crippen LogP contribution in [0, 0.1) is 0 Å². The molecule has 1 aliphatic rings. The van der Waals surface area contributed by atoms with Crippen molar-refractivity contribution in [2.24, 2.45) is 12.1 Å². The van der Waals surface area contributed by atoms with Crippen molar-refractivity contribution in [1.29, 1.82) is 0 Å². The summed E-state index contributed by atoms with van der Waals surface area (Å²) < 4.78 is 4.26. The first-order chi connectivity index (χ1) is 6.09. The van der Waals surface area contributed by atoms with E-state index in [1.165, 1.54) is 17.2 Å². The highest BCUT2D eigenvalue weighted by atomic mass is 15.4. The summed E-state index contributed by atoms with van der Waals surface area (Å²) in [6, 6.07) is 0. The molecule has 0 N–H and O–H groups in total. The van der Waals surface area contributed by atoms with Crippen molar-refractivity contribution in [3.8, 4) is 0 Å².